The number of benzene rings is 2. The first-order chi connectivity index (χ1) is 16.1. The highest BCUT2D eigenvalue weighted by molar-refractivity contribution is 5.94. The molecule has 0 amide bonds. The molecule has 7 heteroatoms. The zero-order valence-corrected chi connectivity index (χ0v) is 18.1. The van der Waals surface area contributed by atoms with Crippen molar-refractivity contribution in [3.63, 3.8) is 0 Å². The number of methoxy groups -OCH3 is 1. The minimum atomic E-state index is -0.349. The van der Waals surface area contributed by atoms with Crippen LogP contribution in [0, 0.1) is 17.1 Å². The topological polar surface area (TPSA) is 86.6 Å². The van der Waals surface area contributed by atoms with Crippen molar-refractivity contribution in [1.29, 1.82) is 5.26 Å². The summed E-state index contributed by atoms with van der Waals surface area (Å²) >= 11 is 0. The molecule has 3 heterocycles. The number of nitrogens with zero attached hydrogens (tertiary/aromatic N) is 3. The maximum Gasteiger partial charge on any atom is 0.141 e. The zero-order chi connectivity index (χ0) is 22.8. The van der Waals surface area contributed by atoms with Crippen LogP contribution in [0.5, 0.6) is 5.75 Å². The lowest BCUT2D eigenvalue weighted by molar-refractivity contribution is 0.415. The Kier molecular flexibility index (Phi) is 5.59. The van der Waals surface area contributed by atoms with Crippen LogP contribution in [-0.4, -0.2) is 34.6 Å². The van der Waals surface area contributed by atoms with E-state index in [9.17, 15) is 4.39 Å². The van der Waals surface area contributed by atoms with Crippen LogP contribution in [0.1, 0.15) is 23.2 Å². The van der Waals surface area contributed by atoms with Crippen LogP contribution < -0.4 is 10.1 Å². The van der Waals surface area contributed by atoms with Gasteiger partial charge in [-0.05, 0) is 60.4 Å². The minimum Gasteiger partial charge on any atom is -0.496 e. The highest BCUT2D eigenvalue weighted by Crippen LogP contribution is 2.35. The largest absolute Gasteiger partial charge is 0.496 e. The number of ether oxygens (including phenoxy) is 1. The van der Waals surface area contributed by atoms with Crippen molar-refractivity contribution < 1.29 is 9.13 Å². The monoisotopic (exact) mass is 439 g/mol. The summed E-state index contributed by atoms with van der Waals surface area (Å²) < 4.78 is 19.4. The quantitative estimate of drug-likeness (QED) is 0.473. The van der Waals surface area contributed by atoms with Crippen LogP contribution >= 0.6 is 0 Å². The number of H-pyrrole nitrogens is 1. The van der Waals surface area contributed by atoms with Gasteiger partial charge in [0.25, 0.3) is 0 Å². The SMILES string of the molecule is COc1ccc(F)cc1-c1ncnc2[nH]c(C3=CCNC(Cc4cccc(C#N)c4)C3)cc12. The van der Waals surface area contributed by atoms with Gasteiger partial charge < -0.3 is 15.0 Å². The Morgan fingerprint density at radius 1 is 1.18 bits per heavy atom. The van der Waals surface area contributed by atoms with Crippen molar-refractivity contribution in [3.05, 3.63) is 83.6 Å². The molecule has 1 unspecified atom stereocenters. The third-order valence-electron chi connectivity index (χ3n) is 5.95. The van der Waals surface area contributed by atoms with E-state index in [4.69, 9.17) is 10.00 Å². The van der Waals surface area contributed by atoms with Crippen molar-refractivity contribution >= 4 is 16.6 Å². The van der Waals surface area contributed by atoms with Gasteiger partial charge in [-0.25, -0.2) is 14.4 Å². The lowest BCUT2D eigenvalue weighted by atomic mass is 9.94. The van der Waals surface area contributed by atoms with Gasteiger partial charge in [0.2, 0.25) is 0 Å². The van der Waals surface area contributed by atoms with Crippen molar-refractivity contribution in [1.82, 2.24) is 20.3 Å². The Labute approximate surface area is 190 Å². The predicted molar refractivity (Wildman–Crippen MR) is 125 cm³/mol. The zero-order valence-electron chi connectivity index (χ0n) is 18.1. The number of nitriles is 1. The van der Waals surface area contributed by atoms with Crippen molar-refractivity contribution in [2.24, 2.45) is 0 Å². The van der Waals surface area contributed by atoms with Gasteiger partial charge in [0, 0.05) is 29.2 Å². The first-order valence-corrected chi connectivity index (χ1v) is 10.7. The fraction of sp³-hybridized carbons (Fsp3) is 0.192. The molecule has 0 saturated heterocycles. The molecule has 5 rings (SSSR count). The summed E-state index contributed by atoms with van der Waals surface area (Å²) in [5.41, 5.74) is 5.87. The van der Waals surface area contributed by atoms with Gasteiger partial charge in [0.1, 0.15) is 23.5 Å². The molecule has 1 atom stereocenters. The number of nitrogens with one attached hydrogen (secondary N) is 2. The van der Waals surface area contributed by atoms with Crippen LogP contribution in [0.2, 0.25) is 0 Å². The van der Waals surface area contributed by atoms with Gasteiger partial charge in [-0.3, -0.25) is 0 Å². The van der Waals surface area contributed by atoms with Gasteiger partial charge in [-0.15, -0.1) is 0 Å². The summed E-state index contributed by atoms with van der Waals surface area (Å²) in [6.45, 7) is 0.754. The number of aromatic amines is 1. The number of aromatic nitrogens is 3. The van der Waals surface area contributed by atoms with Crippen LogP contribution in [0.3, 0.4) is 0 Å². The first-order valence-electron chi connectivity index (χ1n) is 10.7. The van der Waals surface area contributed by atoms with E-state index >= 15 is 0 Å². The Morgan fingerprint density at radius 3 is 2.94 bits per heavy atom. The number of halogens is 1. The second-order valence-electron chi connectivity index (χ2n) is 8.07. The molecule has 2 N–H and O–H groups in total. The molecule has 6 nitrogen and oxygen atoms in total. The fourth-order valence-electron chi connectivity index (χ4n) is 4.38. The van der Waals surface area contributed by atoms with Gasteiger partial charge in [-0.1, -0.05) is 18.2 Å². The summed E-state index contributed by atoms with van der Waals surface area (Å²) in [7, 11) is 1.56. The molecule has 2 aromatic carbocycles. The van der Waals surface area contributed by atoms with Crippen molar-refractivity contribution in [3.8, 4) is 23.1 Å². The Hall–Kier alpha value is -4.02. The number of fused-ring (bicyclic) bond motifs is 1. The second-order valence-corrected chi connectivity index (χ2v) is 8.07. The molecule has 2 aromatic heterocycles. The van der Waals surface area contributed by atoms with E-state index in [1.807, 2.05) is 24.3 Å². The van der Waals surface area contributed by atoms with E-state index in [2.05, 4.69) is 38.5 Å². The molecule has 4 aromatic rings. The Morgan fingerprint density at radius 2 is 2.09 bits per heavy atom. The van der Waals surface area contributed by atoms with Gasteiger partial charge in [0.15, 0.2) is 0 Å². The molecule has 33 heavy (non-hydrogen) atoms. The van der Waals surface area contributed by atoms with Crippen LogP contribution in [0.4, 0.5) is 4.39 Å². The fourth-order valence-corrected chi connectivity index (χ4v) is 4.38. The van der Waals surface area contributed by atoms with Crippen LogP contribution in [0.25, 0.3) is 27.9 Å². The lowest BCUT2D eigenvalue weighted by Crippen LogP contribution is -2.34. The van der Waals surface area contributed by atoms with Crippen molar-refractivity contribution in [2.45, 2.75) is 18.9 Å². The summed E-state index contributed by atoms with van der Waals surface area (Å²) in [4.78, 5) is 12.2. The molecule has 0 bridgehead atoms. The maximum atomic E-state index is 14.0. The molecular weight excluding hydrogens is 417 g/mol. The third-order valence-corrected chi connectivity index (χ3v) is 5.95. The molecule has 0 fully saturated rings. The highest BCUT2D eigenvalue weighted by Gasteiger charge is 2.20. The molecule has 1 aliphatic rings. The van der Waals surface area contributed by atoms with Gasteiger partial charge in [-0.2, -0.15) is 5.26 Å². The molecule has 1 aliphatic heterocycles. The molecular formula is C26H22FN5O. The number of rotatable bonds is 5. The molecule has 0 aliphatic carbocycles. The van der Waals surface area contributed by atoms with Crippen LogP contribution in [0.15, 0.2) is 60.9 Å². The van der Waals surface area contributed by atoms with Crippen molar-refractivity contribution in [2.75, 3.05) is 13.7 Å². The van der Waals surface area contributed by atoms with E-state index in [0.29, 0.717) is 28.2 Å². The van der Waals surface area contributed by atoms with Crippen LogP contribution in [-0.2, 0) is 6.42 Å². The molecule has 0 spiro atoms. The number of hydrogen-bond acceptors (Lipinski definition) is 5. The van der Waals surface area contributed by atoms with Gasteiger partial charge in [0.05, 0.1) is 24.4 Å². The third kappa shape index (κ3) is 4.21. The summed E-state index contributed by atoms with van der Waals surface area (Å²) in [6, 6.07) is 16.6. The summed E-state index contributed by atoms with van der Waals surface area (Å²) in [5.74, 6) is 0.206. The second kappa shape index (κ2) is 8.85. The smallest absolute Gasteiger partial charge is 0.141 e. The Balaban J connectivity index is 1.45. The summed E-state index contributed by atoms with van der Waals surface area (Å²) in [6.07, 6.45) is 5.31. The summed E-state index contributed by atoms with van der Waals surface area (Å²) in [5, 5.41) is 13.5. The van der Waals surface area contributed by atoms with E-state index in [1.54, 1.807) is 13.2 Å². The molecule has 164 valence electrons. The lowest BCUT2D eigenvalue weighted by Gasteiger charge is -2.24. The predicted octanol–water partition coefficient (Wildman–Crippen LogP) is 4.63. The standard InChI is InChI=1S/C26H22FN5O/c1-33-24-6-5-19(27)12-21(24)25-22-13-23(32-26(22)31-15-30-25)18-7-8-29-20(11-18)10-16-3-2-4-17(9-16)14-28/h2-7,9,12-13,15,20,29H,8,10-11H2,1H3,(H,30,31,32). The molecule has 0 saturated carbocycles. The highest BCUT2D eigenvalue weighted by atomic mass is 19.1. The average molecular weight is 439 g/mol. The molecule has 0 radical (unpaired) electrons. The van der Waals surface area contributed by atoms with E-state index in [-0.39, 0.29) is 11.9 Å². The first kappa shape index (κ1) is 20.9. The number of hydrogen-bond donors (Lipinski definition) is 2. The van der Waals surface area contributed by atoms with E-state index in [1.165, 1.54) is 24.0 Å². The Bertz CT molecular complexity index is 1400. The normalized spacial score (nSPS) is 15.8. The average Bonchev–Trinajstić information content (AvgIpc) is 3.29. The van der Waals surface area contributed by atoms with E-state index < -0.39 is 0 Å². The minimum absolute atomic E-state index is 0.249. The maximum absolute atomic E-state index is 14.0. The van der Waals surface area contributed by atoms with E-state index in [0.717, 1.165) is 36.0 Å². The van der Waals surface area contributed by atoms with Gasteiger partial charge >= 0.3 is 0 Å².